The predicted molar refractivity (Wildman–Crippen MR) is 249 cm³/mol. The van der Waals surface area contributed by atoms with E-state index in [1.807, 2.05) is 47.7 Å². The Morgan fingerprint density at radius 2 is 0.967 bits per heavy atom. The molecule has 12 rings (SSSR count). The van der Waals surface area contributed by atoms with E-state index in [1.54, 1.807) is 0 Å². The highest BCUT2D eigenvalue weighted by molar-refractivity contribution is 7.26. The molecule has 0 aliphatic carbocycles. The molecule has 0 N–H and O–H groups in total. The Morgan fingerprint density at radius 3 is 1.65 bits per heavy atom. The monoisotopic (exact) mass is 788 g/mol. The van der Waals surface area contributed by atoms with Gasteiger partial charge in [-0.25, -0.2) is 15.0 Å². The smallest absolute Gasteiger partial charge is 0.164 e. The molecule has 0 saturated carbocycles. The summed E-state index contributed by atoms with van der Waals surface area (Å²) in [6.07, 6.45) is 2.84. The quantitative estimate of drug-likeness (QED) is 0.154. The third-order valence-corrected chi connectivity index (χ3v) is 13.0. The van der Waals surface area contributed by atoms with Gasteiger partial charge in [-0.05, 0) is 66.8 Å². The maximum absolute atomic E-state index is 6.80. The van der Waals surface area contributed by atoms with Crippen molar-refractivity contribution in [2.45, 2.75) is 19.3 Å². The topological polar surface area (TPSA) is 56.7 Å². The van der Waals surface area contributed by atoms with Crippen LogP contribution in [0.5, 0.6) is 0 Å². The molecule has 284 valence electrons. The molecular weight excluding hydrogens is 753 g/mol. The van der Waals surface area contributed by atoms with E-state index in [0.29, 0.717) is 17.5 Å². The molecule has 0 aliphatic heterocycles. The van der Waals surface area contributed by atoms with Crippen molar-refractivity contribution in [2.75, 3.05) is 0 Å². The van der Waals surface area contributed by atoms with Gasteiger partial charge in [0, 0.05) is 58.4 Å². The second-order valence-corrected chi connectivity index (χ2v) is 16.5. The number of aryl methyl sites for hydroxylation is 2. The van der Waals surface area contributed by atoms with Gasteiger partial charge in [0.05, 0.1) is 16.7 Å². The van der Waals surface area contributed by atoms with E-state index in [-0.39, 0.29) is 0 Å². The van der Waals surface area contributed by atoms with Crippen LogP contribution in [0.3, 0.4) is 0 Å². The molecule has 5 nitrogen and oxygen atoms in total. The number of benzene rings is 8. The number of furan rings is 1. The zero-order valence-electron chi connectivity index (χ0n) is 32.5. The largest absolute Gasteiger partial charge is 0.454 e. The fraction of sp³-hybridized carbons (Fsp3) is 0.0556. The van der Waals surface area contributed by atoms with Gasteiger partial charge in [0.2, 0.25) is 0 Å². The lowest BCUT2D eigenvalue weighted by atomic mass is 9.96. The van der Waals surface area contributed by atoms with Gasteiger partial charge in [0.1, 0.15) is 5.58 Å². The lowest BCUT2D eigenvalue weighted by molar-refractivity contribution is 0.666. The zero-order valence-corrected chi connectivity index (χ0v) is 33.4. The molecule has 8 aromatic carbocycles. The summed E-state index contributed by atoms with van der Waals surface area (Å²) < 4.78 is 11.7. The van der Waals surface area contributed by atoms with Crippen LogP contribution in [0.15, 0.2) is 186 Å². The van der Waals surface area contributed by atoms with Crippen molar-refractivity contribution >= 4 is 75.3 Å². The maximum Gasteiger partial charge on any atom is 0.164 e. The van der Waals surface area contributed by atoms with Crippen LogP contribution in [0.4, 0.5) is 0 Å². The molecule has 0 unspecified atom stereocenters. The molecule has 4 aromatic heterocycles. The summed E-state index contributed by atoms with van der Waals surface area (Å²) in [6, 6.07) is 64.1. The molecule has 0 radical (unpaired) electrons. The van der Waals surface area contributed by atoms with E-state index in [9.17, 15) is 0 Å². The summed E-state index contributed by atoms with van der Waals surface area (Å²) in [5.74, 6) is 2.01. The van der Waals surface area contributed by atoms with Crippen LogP contribution in [-0.2, 0) is 12.8 Å². The van der Waals surface area contributed by atoms with Gasteiger partial charge in [-0.3, -0.25) is 0 Å². The van der Waals surface area contributed by atoms with Crippen LogP contribution >= 0.6 is 11.3 Å². The first-order valence-corrected chi connectivity index (χ1v) is 21.3. The van der Waals surface area contributed by atoms with Gasteiger partial charge in [0.25, 0.3) is 0 Å². The standard InChI is InChI=1S/C54H36N4OS/c1-3-16-36(17-4-1)52-55-53(37-18-5-2-6-19-37)57-54(56-52)41-27-15-33-47-50(41)49-35(23-13-32-46(49)60-47)21-11-20-34-22-12-31-45-48(34)40-26-14-30-44(51(40)59-45)58-42-28-9-7-24-38(42)39-25-8-10-29-43(39)58/h1-10,12-19,22-33H,11,20-21H2. The maximum atomic E-state index is 6.80. The van der Waals surface area contributed by atoms with Crippen molar-refractivity contribution in [1.82, 2.24) is 19.5 Å². The lowest BCUT2D eigenvalue weighted by Crippen LogP contribution is -2.00. The van der Waals surface area contributed by atoms with E-state index in [2.05, 4.69) is 150 Å². The average Bonchev–Trinajstić information content (AvgIpc) is 4.00. The number of thiophene rings is 1. The summed E-state index contributed by atoms with van der Waals surface area (Å²) in [7, 11) is 0. The highest BCUT2D eigenvalue weighted by Gasteiger charge is 2.21. The number of para-hydroxylation sites is 3. The molecule has 0 aliphatic rings. The number of hydrogen-bond donors (Lipinski definition) is 0. The van der Waals surface area contributed by atoms with Crippen LogP contribution in [0, 0.1) is 0 Å². The van der Waals surface area contributed by atoms with Crippen molar-refractivity contribution in [3.63, 3.8) is 0 Å². The summed E-state index contributed by atoms with van der Waals surface area (Å²) >= 11 is 1.84. The van der Waals surface area contributed by atoms with Gasteiger partial charge in [0.15, 0.2) is 23.1 Å². The van der Waals surface area contributed by atoms with Crippen LogP contribution in [-0.4, -0.2) is 19.5 Å². The Bertz CT molecular complexity index is 3470. The number of fused-ring (bicyclic) bond motifs is 9. The van der Waals surface area contributed by atoms with Gasteiger partial charge in [-0.2, -0.15) is 0 Å². The van der Waals surface area contributed by atoms with E-state index in [0.717, 1.165) is 58.2 Å². The van der Waals surface area contributed by atoms with Crippen LogP contribution < -0.4 is 0 Å². The molecule has 0 bridgehead atoms. The lowest BCUT2D eigenvalue weighted by Gasteiger charge is -2.11. The first kappa shape index (κ1) is 34.6. The molecule has 0 amide bonds. The van der Waals surface area contributed by atoms with Crippen LogP contribution in [0.25, 0.3) is 104 Å². The highest BCUT2D eigenvalue weighted by Crippen LogP contribution is 2.43. The Morgan fingerprint density at radius 1 is 0.433 bits per heavy atom. The Balaban J connectivity index is 0.932. The Labute approximate surface area is 349 Å². The molecule has 0 saturated heterocycles. The average molecular weight is 789 g/mol. The summed E-state index contributed by atoms with van der Waals surface area (Å²) in [5, 5.41) is 7.33. The summed E-state index contributed by atoms with van der Waals surface area (Å²) in [6.45, 7) is 0. The van der Waals surface area contributed by atoms with E-state index in [4.69, 9.17) is 19.4 Å². The van der Waals surface area contributed by atoms with Crippen molar-refractivity contribution in [1.29, 1.82) is 0 Å². The molecule has 0 fully saturated rings. The van der Waals surface area contributed by atoms with Gasteiger partial charge >= 0.3 is 0 Å². The second-order valence-electron chi connectivity index (χ2n) is 15.4. The van der Waals surface area contributed by atoms with Crippen LogP contribution in [0.1, 0.15) is 17.5 Å². The third-order valence-electron chi connectivity index (χ3n) is 11.9. The Hall–Kier alpha value is -7.41. The molecule has 12 aromatic rings. The molecule has 6 heteroatoms. The first-order chi connectivity index (χ1) is 29.8. The van der Waals surface area contributed by atoms with E-state index >= 15 is 0 Å². The molecule has 0 atom stereocenters. The third kappa shape index (κ3) is 5.63. The number of rotatable bonds is 8. The van der Waals surface area contributed by atoms with Gasteiger partial charge in [-0.15, -0.1) is 11.3 Å². The van der Waals surface area contributed by atoms with Crippen molar-refractivity contribution in [3.05, 3.63) is 193 Å². The minimum Gasteiger partial charge on any atom is -0.454 e. The summed E-state index contributed by atoms with van der Waals surface area (Å²) in [4.78, 5) is 15.2. The number of nitrogens with zero attached hydrogens (tertiary/aromatic N) is 4. The van der Waals surface area contributed by atoms with Crippen LogP contribution in [0.2, 0.25) is 0 Å². The minimum atomic E-state index is 0.666. The molecule has 60 heavy (non-hydrogen) atoms. The Kier molecular flexibility index (Phi) is 8.16. The fourth-order valence-corrected chi connectivity index (χ4v) is 10.4. The first-order valence-electron chi connectivity index (χ1n) is 20.5. The van der Waals surface area contributed by atoms with Gasteiger partial charge < -0.3 is 8.98 Å². The van der Waals surface area contributed by atoms with Gasteiger partial charge in [-0.1, -0.05) is 146 Å². The zero-order chi connectivity index (χ0) is 39.6. The normalized spacial score (nSPS) is 11.9. The van der Waals surface area contributed by atoms with E-state index < -0.39 is 0 Å². The summed E-state index contributed by atoms with van der Waals surface area (Å²) in [5.41, 5.74) is 10.8. The predicted octanol–water partition coefficient (Wildman–Crippen LogP) is 14.4. The molecular formula is C54H36N4OS. The van der Waals surface area contributed by atoms with Crippen molar-refractivity contribution in [3.8, 4) is 39.9 Å². The highest BCUT2D eigenvalue weighted by atomic mass is 32.1. The minimum absolute atomic E-state index is 0.666. The SMILES string of the molecule is c1ccc(-c2nc(-c3ccccc3)nc(-c3cccc4sc5cccc(CCCc6cccc7oc8c(-n9c%10ccccc%10c%10ccccc%109)cccc8c67)c5c34)n2)cc1. The molecule has 0 spiro atoms. The second kappa shape index (κ2) is 14.2. The van der Waals surface area contributed by atoms with Crippen molar-refractivity contribution < 1.29 is 4.42 Å². The van der Waals surface area contributed by atoms with E-state index in [1.165, 1.54) is 58.5 Å². The number of hydrogen-bond acceptors (Lipinski definition) is 5. The molecule has 4 heterocycles. The number of aromatic nitrogens is 4. The van der Waals surface area contributed by atoms with Crippen molar-refractivity contribution in [2.24, 2.45) is 0 Å². The fourth-order valence-electron chi connectivity index (χ4n) is 9.20.